The number of fused-ring (bicyclic) bond motifs is 1. The van der Waals surface area contributed by atoms with Gasteiger partial charge in [0.15, 0.2) is 0 Å². The van der Waals surface area contributed by atoms with Crippen LogP contribution in [-0.2, 0) is 6.42 Å². The van der Waals surface area contributed by atoms with E-state index in [-0.39, 0.29) is 0 Å². The van der Waals surface area contributed by atoms with Crippen molar-refractivity contribution in [1.82, 2.24) is 0 Å². The first-order valence-electron chi connectivity index (χ1n) is 7.04. The fourth-order valence-corrected chi connectivity index (χ4v) is 4.85. The lowest BCUT2D eigenvalue weighted by atomic mass is 9.94. The Bertz CT molecular complexity index is 596. The first kappa shape index (κ1) is 14.2. The molecule has 0 saturated carbocycles. The summed E-state index contributed by atoms with van der Waals surface area (Å²) in [5.74, 6) is 0.951. The van der Waals surface area contributed by atoms with E-state index in [9.17, 15) is 0 Å². The molecule has 20 heavy (non-hydrogen) atoms. The van der Waals surface area contributed by atoms with Crippen LogP contribution < -0.4 is 10.1 Å². The van der Waals surface area contributed by atoms with Gasteiger partial charge in [-0.15, -0.1) is 11.3 Å². The number of rotatable bonds is 4. The second-order valence-corrected chi connectivity index (χ2v) is 7.98. The van der Waals surface area contributed by atoms with E-state index in [0.717, 1.165) is 11.4 Å². The number of halogens is 1. The maximum Gasteiger partial charge on any atom is 0.142 e. The lowest BCUT2D eigenvalue weighted by Gasteiger charge is -2.25. The van der Waals surface area contributed by atoms with Crippen LogP contribution in [0.25, 0.3) is 0 Å². The molecule has 0 amide bonds. The van der Waals surface area contributed by atoms with Crippen LogP contribution >= 0.6 is 33.9 Å². The molecule has 2 nitrogen and oxygen atoms in total. The third kappa shape index (κ3) is 2.96. The van der Waals surface area contributed by atoms with Crippen molar-refractivity contribution >= 4 is 39.6 Å². The molecular formula is C16H18INOS. The average Bonchev–Trinajstić information content (AvgIpc) is 2.83. The Labute approximate surface area is 137 Å². The van der Waals surface area contributed by atoms with E-state index in [0.29, 0.717) is 12.6 Å². The number of hydrogen-bond donors (Lipinski definition) is 1. The summed E-state index contributed by atoms with van der Waals surface area (Å²) in [7, 11) is 0. The summed E-state index contributed by atoms with van der Waals surface area (Å²) in [6, 6.07) is 11.0. The molecule has 1 aromatic heterocycles. The van der Waals surface area contributed by atoms with Crippen LogP contribution in [0.4, 0.5) is 5.69 Å². The minimum absolute atomic E-state index is 0.417. The number of nitrogens with one attached hydrogen (secondary N) is 1. The van der Waals surface area contributed by atoms with Crippen LogP contribution in [0, 0.1) is 2.88 Å². The zero-order valence-corrected chi connectivity index (χ0v) is 14.5. The first-order valence-corrected chi connectivity index (χ1v) is 8.94. The minimum Gasteiger partial charge on any atom is -0.492 e. The molecule has 1 N–H and O–H groups in total. The van der Waals surface area contributed by atoms with Crippen molar-refractivity contribution in [3.8, 4) is 5.75 Å². The highest BCUT2D eigenvalue weighted by Gasteiger charge is 2.23. The second-order valence-electron chi connectivity index (χ2n) is 4.95. The van der Waals surface area contributed by atoms with Gasteiger partial charge in [-0.25, -0.2) is 0 Å². The van der Waals surface area contributed by atoms with Gasteiger partial charge >= 0.3 is 0 Å². The van der Waals surface area contributed by atoms with E-state index in [4.69, 9.17) is 4.74 Å². The molecule has 2 aromatic rings. The van der Waals surface area contributed by atoms with E-state index in [1.807, 2.05) is 30.4 Å². The summed E-state index contributed by atoms with van der Waals surface area (Å²) in [5.41, 5.74) is 2.59. The van der Waals surface area contributed by atoms with Crippen molar-refractivity contribution in [3.05, 3.63) is 43.7 Å². The van der Waals surface area contributed by atoms with Crippen molar-refractivity contribution in [1.29, 1.82) is 0 Å². The van der Waals surface area contributed by atoms with Crippen molar-refractivity contribution in [2.45, 2.75) is 32.2 Å². The smallest absolute Gasteiger partial charge is 0.142 e. The molecule has 0 spiro atoms. The lowest BCUT2D eigenvalue weighted by Crippen LogP contribution is -2.16. The Morgan fingerprint density at radius 2 is 2.25 bits per heavy atom. The molecule has 4 heteroatoms. The molecule has 1 unspecified atom stereocenters. The largest absolute Gasteiger partial charge is 0.492 e. The predicted octanol–water partition coefficient (Wildman–Crippen LogP) is 5.24. The molecule has 0 saturated heterocycles. The van der Waals surface area contributed by atoms with Gasteiger partial charge in [-0.3, -0.25) is 0 Å². The van der Waals surface area contributed by atoms with Crippen LogP contribution in [0.3, 0.4) is 0 Å². The Morgan fingerprint density at radius 3 is 3.10 bits per heavy atom. The van der Waals surface area contributed by atoms with Gasteiger partial charge in [-0.1, -0.05) is 12.1 Å². The molecular weight excluding hydrogens is 381 g/mol. The molecule has 1 heterocycles. The maximum atomic E-state index is 5.71. The van der Waals surface area contributed by atoms with E-state index >= 15 is 0 Å². The molecule has 0 radical (unpaired) electrons. The van der Waals surface area contributed by atoms with Gasteiger partial charge in [0.1, 0.15) is 5.75 Å². The SMILES string of the molecule is CCOc1ccccc1NC1CCCc2sc(I)cc21. The van der Waals surface area contributed by atoms with E-state index in [2.05, 4.69) is 46.1 Å². The van der Waals surface area contributed by atoms with E-state index in [1.165, 1.54) is 27.7 Å². The van der Waals surface area contributed by atoms with Crippen molar-refractivity contribution in [2.75, 3.05) is 11.9 Å². The van der Waals surface area contributed by atoms with Crippen molar-refractivity contribution in [3.63, 3.8) is 0 Å². The predicted molar refractivity (Wildman–Crippen MR) is 93.9 cm³/mol. The number of anilines is 1. The number of hydrogen-bond acceptors (Lipinski definition) is 3. The lowest BCUT2D eigenvalue weighted by molar-refractivity contribution is 0.341. The number of thiophene rings is 1. The number of para-hydroxylation sites is 2. The Kier molecular flexibility index (Phi) is 4.51. The molecule has 1 atom stereocenters. The van der Waals surface area contributed by atoms with E-state index < -0.39 is 0 Å². The molecule has 1 aliphatic carbocycles. The van der Waals surface area contributed by atoms with E-state index in [1.54, 1.807) is 4.88 Å². The number of ether oxygens (including phenoxy) is 1. The summed E-state index contributed by atoms with van der Waals surface area (Å²) in [5, 5.41) is 3.68. The maximum absolute atomic E-state index is 5.71. The topological polar surface area (TPSA) is 21.3 Å². The summed E-state index contributed by atoms with van der Waals surface area (Å²) in [6.07, 6.45) is 3.69. The zero-order chi connectivity index (χ0) is 13.9. The van der Waals surface area contributed by atoms with Gasteiger partial charge in [-0.2, -0.15) is 0 Å². The zero-order valence-electron chi connectivity index (χ0n) is 11.5. The summed E-state index contributed by atoms with van der Waals surface area (Å²) < 4.78 is 7.10. The van der Waals surface area contributed by atoms with Crippen LogP contribution in [0.2, 0.25) is 0 Å². The number of benzene rings is 1. The molecule has 106 valence electrons. The molecule has 1 aromatic carbocycles. The van der Waals surface area contributed by atoms with Gasteiger partial charge in [0.05, 0.1) is 21.2 Å². The highest BCUT2D eigenvalue weighted by Crippen LogP contribution is 2.39. The highest BCUT2D eigenvalue weighted by atomic mass is 127. The first-order chi connectivity index (χ1) is 9.78. The summed E-state index contributed by atoms with van der Waals surface area (Å²) in [6.45, 7) is 2.72. The monoisotopic (exact) mass is 399 g/mol. The van der Waals surface area contributed by atoms with Crippen molar-refractivity contribution in [2.24, 2.45) is 0 Å². The van der Waals surface area contributed by atoms with Crippen LogP contribution in [0.5, 0.6) is 5.75 Å². The molecule has 3 rings (SSSR count). The van der Waals surface area contributed by atoms with Gasteiger partial charge < -0.3 is 10.1 Å². The van der Waals surface area contributed by atoms with Gasteiger partial charge in [0, 0.05) is 4.88 Å². The average molecular weight is 399 g/mol. The molecule has 1 aliphatic rings. The van der Waals surface area contributed by atoms with Crippen LogP contribution in [0.15, 0.2) is 30.3 Å². The quantitative estimate of drug-likeness (QED) is 0.710. The third-order valence-electron chi connectivity index (χ3n) is 3.60. The molecule has 0 aliphatic heterocycles. The molecule has 0 bridgehead atoms. The standard InChI is InChI=1S/C16H18INOS/c1-2-19-14-8-4-3-6-13(14)18-12-7-5-9-15-11(12)10-16(17)20-15/h3-4,6,8,10,12,18H,2,5,7,9H2,1H3. The van der Waals surface area contributed by atoms with Crippen LogP contribution in [-0.4, -0.2) is 6.61 Å². The summed E-state index contributed by atoms with van der Waals surface area (Å²) in [4.78, 5) is 1.55. The normalized spacial score (nSPS) is 17.6. The Balaban J connectivity index is 1.85. The highest BCUT2D eigenvalue weighted by molar-refractivity contribution is 14.1. The van der Waals surface area contributed by atoms with Gasteiger partial charge in [0.25, 0.3) is 0 Å². The Hall–Kier alpha value is -0.750. The Morgan fingerprint density at radius 1 is 1.40 bits per heavy atom. The van der Waals surface area contributed by atoms with Crippen molar-refractivity contribution < 1.29 is 4.74 Å². The van der Waals surface area contributed by atoms with Gasteiger partial charge in [-0.05, 0) is 72.5 Å². The summed E-state index contributed by atoms with van der Waals surface area (Å²) >= 11 is 4.36. The second kappa shape index (κ2) is 6.35. The minimum atomic E-state index is 0.417. The fraction of sp³-hybridized carbons (Fsp3) is 0.375. The molecule has 0 fully saturated rings. The number of aryl methyl sites for hydroxylation is 1. The fourth-order valence-electron chi connectivity index (χ4n) is 2.73. The van der Waals surface area contributed by atoms with Crippen LogP contribution in [0.1, 0.15) is 36.2 Å². The van der Waals surface area contributed by atoms with Gasteiger partial charge in [0.2, 0.25) is 0 Å². The third-order valence-corrected chi connectivity index (χ3v) is 5.57.